The molecule has 0 heterocycles. The Labute approximate surface area is 107 Å². The fourth-order valence-corrected chi connectivity index (χ4v) is 2.09. The van der Waals surface area contributed by atoms with Crippen molar-refractivity contribution in [2.75, 3.05) is 7.11 Å². The molecule has 1 aromatic rings. The number of carbonyl (C=O) groups is 1. The highest BCUT2D eigenvalue weighted by atomic mass is 79.9. The van der Waals surface area contributed by atoms with E-state index in [1.807, 2.05) is 6.07 Å². The second-order valence-electron chi connectivity index (χ2n) is 3.11. The number of hydrogen-bond acceptors (Lipinski definition) is 3. The van der Waals surface area contributed by atoms with Gasteiger partial charge in [0.1, 0.15) is 6.07 Å². The highest BCUT2D eigenvalue weighted by molar-refractivity contribution is 9.10. The van der Waals surface area contributed by atoms with Gasteiger partial charge in [-0.1, -0.05) is 6.07 Å². The summed E-state index contributed by atoms with van der Waals surface area (Å²) in [6.07, 6.45) is 0.0721. The van der Waals surface area contributed by atoms with Crippen molar-refractivity contribution in [2.45, 2.75) is 12.3 Å². The van der Waals surface area contributed by atoms with Gasteiger partial charge >= 0.3 is 5.97 Å². The average Bonchev–Trinajstić information content (AvgIpc) is 2.28. The van der Waals surface area contributed by atoms with Crippen molar-refractivity contribution >= 4 is 33.5 Å². The van der Waals surface area contributed by atoms with Gasteiger partial charge in [0.2, 0.25) is 0 Å². The predicted molar refractivity (Wildman–Crippen MR) is 64.1 cm³/mol. The monoisotopic (exact) mass is 301 g/mol. The van der Waals surface area contributed by atoms with Gasteiger partial charge < -0.3 is 4.74 Å². The molecule has 0 amide bonds. The van der Waals surface area contributed by atoms with Crippen LogP contribution in [0, 0.1) is 11.3 Å². The highest BCUT2D eigenvalue weighted by Gasteiger charge is 2.12. The molecule has 0 bridgehead atoms. The van der Waals surface area contributed by atoms with E-state index in [-0.39, 0.29) is 12.4 Å². The number of nitriles is 1. The Bertz CT molecular complexity index is 454. The summed E-state index contributed by atoms with van der Waals surface area (Å²) < 4.78 is 5.22. The molecule has 16 heavy (non-hydrogen) atoms. The third kappa shape index (κ3) is 2.97. The summed E-state index contributed by atoms with van der Waals surface area (Å²) in [4.78, 5) is 11.2. The van der Waals surface area contributed by atoms with Crippen molar-refractivity contribution < 1.29 is 9.53 Å². The molecule has 1 rings (SSSR count). The maximum Gasteiger partial charge on any atom is 0.310 e. The van der Waals surface area contributed by atoms with Gasteiger partial charge in [0, 0.05) is 10.4 Å². The van der Waals surface area contributed by atoms with E-state index in [2.05, 4.69) is 20.7 Å². The van der Waals surface area contributed by atoms with Gasteiger partial charge in [0.05, 0.1) is 19.1 Å². The zero-order valence-electron chi connectivity index (χ0n) is 8.59. The van der Waals surface area contributed by atoms with Gasteiger partial charge in [-0.2, -0.15) is 5.26 Å². The van der Waals surface area contributed by atoms with E-state index in [0.717, 1.165) is 5.56 Å². The van der Waals surface area contributed by atoms with E-state index in [9.17, 15) is 4.79 Å². The summed E-state index contributed by atoms with van der Waals surface area (Å²) >= 11 is 8.99. The quantitative estimate of drug-likeness (QED) is 0.637. The summed E-state index contributed by atoms with van der Waals surface area (Å²) in [5.74, 6) is -0.0477. The number of ether oxygens (including phenoxy) is 1. The first-order chi connectivity index (χ1) is 7.62. The summed E-state index contributed by atoms with van der Waals surface area (Å²) in [5, 5.41) is 8.98. The summed E-state index contributed by atoms with van der Waals surface area (Å²) in [7, 11) is 1.31. The van der Waals surface area contributed by atoms with Crippen LogP contribution in [0.25, 0.3) is 0 Å². The Kier molecular flexibility index (Phi) is 4.78. The lowest BCUT2D eigenvalue weighted by molar-refractivity contribution is -0.139. The Morgan fingerprint density at radius 3 is 2.81 bits per heavy atom. The number of halogens is 2. The van der Waals surface area contributed by atoms with Crippen LogP contribution in [0.3, 0.4) is 0 Å². The molecule has 0 atom stereocenters. The Morgan fingerprint density at radius 2 is 2.31 bits per heavy atom. The van der Waals surface area contributed by atoms with Crippen molar-refractivity contribution in [3.8, 4) is 6.07 Å². The van der Waals surface area contributed by atoms with Crippen LogP contribution in [0.4, 0.5) is 0 Å². The standard InChI is InChI=1S/C11H9BrClNO2/c1-16-11(15)4-8-2-7(5-13)3-10(12)9(8)6-14/h2-3H,4-5H2,1H3. The number of carbonyl (C=O) groups excluding carboxylic acids is 1. The topological polar surface area (TPSA) is 50.1 Å². The van der Waals surface area contributed by atoms with Crippen molar-refractivity contribution in [3.05, 3.63) is 33.3 Å². The first-order valence-corrected chi connectivity index (χ1v) is 5.79. The van der Waals surface area contributed by atoms with E-state index in [4.69, 9.17) is 16.9 Å². The van der Waals surface area contributed by atoms with Crippen molar-refractivity contribution in [1.82, 2.24) is 0 Å². The Hall–Kier alpha value is -1.05. The zero-order chi connectivity index (χ0) is 12.1. The first-order valence-electron chi connectivity index (χ1n) is 4.46. The second-order valence-corrected chi connectivity index (χ2v) is 4.23. The molecule has 0 saturated carbocycles. The van der Waals surface area contributed by atoms with Gasteiger partial charge in [-0.3, -0.25) is 4.79 Å². The molecule has 0 aromatic heterocycles. The molecule has 0 spiro atoms. The molecule has 84 valence electrons. The molecule has 0 saturated heterocycles. The zero-order valence-corrected chi connectivity index (χ0v) is 10.9. The minimum Gasteiger partial charge on any atom is -0.469 e. The van der Waals surface area contributed by atoms with Crippen molar-refractivity contribution in [3.63, 3.8) is 0 Å². The molecule has 1 aromatic carbocycles. The van der Waals surface area contributed by atoms with Crippen LogP contribution in [-0.2, 0) is 21.8 Å². The normalized spacial score (nSPS) is 9.62. The van der Waals surface area contributed by atoms with Crippen LogP contribution in [0.1, 0.15) is 16.7 Å². The van der Waals surface area contributed by atoms with Crippen LogP contribution in [-0.4, -0.2) is 13.1 Å². The third-order valence-electron chi connectivity index (χ3n) is 2.06. The highest BCUT2D eigenvalue weighted by Crippen LogP contribution is 2.24. The Morgan fingerprint density at radius 1 is 1.62 bits per heavy atom. The lowest BCUT2D eigenvalue weighted by Gasteiger charge is -2.07. The average molecular weight is 303 g/mol. The van der Waals surface area contributed by atoms with Gasteiger partial charge in [-0.15, -0.1) is 11.6 Å². The van der Waals surface area contributed by atoms with E-state index in [1.54, 1.807) is 12.1 Å². The van der Waals surface area contributed by atoms with Crippen LogP contribution in [0.5, 0.6) is 0 Å². The number of alkyl halides is 1. The van der Waals surface area contributed by atoms with Gasteiger partial charge in [-0.05, 0) is 33.1 Å². The van der Waals surface area contributed by atoms with E-state index in [1.165, 1.54) is 7.11 Å². The van der Waals surface area contributed by atoms with Crippen molar-refractivity contribution in [1.29, 1.82) is 5.26 Å². The number of methoxy groups -OCH3 is 1. The number of benzene rings is 1. The van der Waals surface area contributed by atoms with Gasteiger partial charge in [-0.25, -0.2) is 0 Å². The minimum absolute atomic E-state index is 0.0721. The molecular formula is C11H9BrClNO2. The van der Waals surface area contributed by atoms with Crippen molar-refractivity contribution in [2.24, 2.45) is 0 Å². The molecule has 0 radical (unpaired) electrons. The maximum absolute atomic E-state index is 11.2. The summed E-state index contributed by atoms with van der Waals surface area (Å²) in [6.45, 7) is 0. The van der Waals surface area contributed by atoms with Crippen LogP contribution in [0.2, 0.25) is 0 Å². The van der Waals surface area contributed by atoms with Gasteiger partial charge in [0.25, 0.3) is 0 Å². The molecule has 5 heteroatoms. The largest absolute Gasteiger partial charge is 0.469 e. The van der Waals surface area contributed by atoms with E-state index in [0.29, 0.717) is 21.5 Å². The molecule has 0 unspecified atom stereocenters. The fourth-order valence-electron chi connectivity index (χ4n) is 1.30. The van der Waals surface area contributed by atoms with Crippen LogP contribution in [0.15, 0.2) is 16.6 Å². The molecule has 3 nitrogen and oxygen atoms in total. The molecule has 0 aliphatic heterocycles. The van der Waals surface area contributed by atoms with E-state index < -0.39 is 0 Å². The van der Waals surface area contributed by atoms with Gasteiger partial charge in [0.15, 0.2) is 0 Å². The smallest absolute Gasteiger partial charge is 0.310 e. The summed E-state index contributed by atoms with van der Waals surface area (Å²) in [5.41, 5.74) is 1.92. The fraction of sp³-hybridized carbons (Fsp3) is 0.273. The predicted octanol–water partition coefficient (Wildman–Crippen LogP) is 2.78. The van der Waals surface area contributed by atoms with E-state index >= 15 is 0 Å². The Balaban J connectivity index is 3.19. The lowest BCUT2D eigenvalue weighted by atomic mass is 10.0. The number of rotatable bonds is 3. The number of esters is 1. The molecule has 0 N–H and O–H groups in total. The number of nitrogens with zero attached hydrogens (tertiary/aromatic N) is 1. The first kappa shape index (κ1) is 13.0. The van der Waals surface area contributed by atoms with Crippen LogP contribution >= 0.6 is 27.5 Å². The lowest BCUT2D eigenvalue weighted by Crippen LogP contribution is -2.07. The summed E-state index contributed by atoms with van der Waals surface area (Å²) in [6, 6.07) is 5.56. The molecule has 0 aliphatic rings. The number of hydrogen-bond donors (Lipinski definition) is 0. The molecular weight excluding hydrogens is 293 g/mol. The maximum atomic E-state index is 11.2. The minimum atomic E-state index is -0.380. The molecule has 0 fully saturated rings. The SMILES string of the molecule is COC(=O)Cc1cc(CCl)cc(Br)c1C#N. The van der Waals surface area contributed by atoms with Crippen LogP contribution < -0.4 is 0 Å². The molecule has 0 aliphatic carbocycles. The second kappa shape index (κ2) is 5.88. The third-order valence-corrected chi connectivity index (χ3v) is 2.99.